The van der Waals surface area contributed by atoms with Crippen LogP contribution in [0.2, 0.25) is 0 Å². The van der Waals surface area contributed by atoms with Crippen LogP contribution < -0.4 is 0 Å². The summed E-state index contributed by atoms with van der Waals surface area (Å²) in [4.78, 5) is 0.345. The molecule has 6 heteroatoms. The van der Waals surface area contributed by atoms with Crippen LogP contribution >= 0.6 is 0 Å². The van der Waals surface area contributed by atoms with Crippen LogP contribution in [0.3, 0.4) is 0 Å². The third-order valence-electron chi connectivity index (χ3n) is 4.03. The van der Waals surface area contributed by atoms with E-state index in [1.807, 2.05) is 0 Å². The summed E-state index contributed by atoms with van der Waals surface area (Å²) in [5.41, 5.74) is 0.577. The van der Waals surface area contributed by atoms with Crippen LogP contribution in [0.25, 0.3) is 0 Å². The second-order valence-electron chi connectivity index (χ2n) is 5.74. The smallest absolute Gasteiger partial charge is 0.246 e. The summed E-state index contributed by atoms with van der Waals surface area (Å²) >= 11 is 0. The maximum atomic E-state index is 12.6. The number of piperidine rings is 1. The van der Waals surface area contributed by atoms with Gasteiger partial charge in [-0.05, 0) is 31.6 Å². The van der Waals surface area contributed by atoms with Crippen molar-refractivity contribution in [3.05, 3.63) is 11.9 Å². The molecule has 1 aliphatic heterocycles. The van der Waals surface area contributed by atoms with Crippen molar-refractivity contribution in [2.75, 3.05) is 13.1 Å². The van der Waals surface area contributed by atoms with Gasteiger partial charge in [-0.25, -0.2) is 8.42 Å². The maximum absolute atomic E-state index is 12.6. The fourth-order valence-electron chi connectivity index (χ4n) is 2.75. The Labute approximate surface area is 115 Å². The van der Waals surface area contributed by atoms with Crippen LogP contribution in [0, 0.1) is 18.8 Å². The normalized spacial score (nSPS) is 19.2. The molecule has 0 aliphatic carbocycles. The topological polar surface area (TPSA) is 55.2 Å². The van der Waals surface area contributed by atoms with Crippen LogP contribution in [0.1, 0.15) is 32.4 Å². The maximum Gasteiger partial charge on any atom is 0.246 e. The summed E-state index contributed by atoms with van der Waals surface area (Å²) in [6.45, 7) is 7.41. The molecule has 1 saturated heterocycles. The third kappa shape index (κ3) is 2.84. The number of hydrogen-bond donors (Lipinski definition) is 0. The highest BCUT2D eigenvalue weighted by atomic mass is 32.2. The molecule has 1 aromatic heterocycles. The molecule has 1 fully saturated rings. The predicted molar refractivity (Wildman–Crippen MR) is 74.3 cm³/mol. The van der Waals surface area contributed by atoms with E-state index < -0.39 is 10.0 Å². The molecule has 1 aromatic rings. The number of sulfonamides is 1. The molecule has 0 radical (unpaired) electrons. The van der Waals surface area contributed by atoms with E-state index in [1.165, 1.54) is 0 Å². The van der Waals surface area contributed by atoms with E-state index in [0.29, 0.717) is 35.5 Å². The first kappa shape index (κ1) is 14.5. The molecule has 0 N–H and O–H groups in total. The van der Waals surface area contributed by atoms with Gasteiger partial charge in [0.05, 0.1) is 5.69 Å². The van der Waals surface area contributed by atoms with Gasteiger partial charge in [0.25, 0.3) is 0 Å². The molecule has 0 aromatic carbocycles. The minimum atomic E-state index is -3.37. The second-order valence-corrected chi connectivity index (χ2v) is 7.64. The Morgan fingerprint density at radius 2 is 1.89 bits per heavy atom. The Hall–Kier alpha value is -0.880. The Morgan fingerprint density at radius 1 is 1.32 bits per heavy atom. The van der Waals surface area contributed by atoms with Crippen LogP contribution in [0.15, 0.2) is 11.1 Å². The molecule has 1 aliphatic rings. The molecule has 0 spiro atoms. The molecule has 0 amide bonds. The summed E-state index contributed by atoms with van der Waals surface area (Å²) in [5, 5.41) is 4.13. The SMILES string of the molecule is Cc1nn(C)cc1S(=O)(=O)N1CCC(C(C)C)CC1. The van der Waals surface area contributed by atoms with Gasteiger partial charge in [0, 0.05) is 26.3 Å². The van der Waals surface area contributed by atoms with Crippen molar-refractivity contribution < 1.29 is 8.42 Å². The van der Waals surface area contributed by atoms with Gasteiger partial charge in [0.2, 0.25) is 10.0 Å². The molecule has 0 unspecified atom stereocenters. The van der Waals surface area contributed by atoms with E-state index >= 15 is 0 Å². The standard InChI is InChI=1S/C13H23N3O2S/c1-10(2)12-5-7-16(8-6-12)19(17,18)13-9-15(4)14-11(13)3/h9-10,12H,5-8H2,1-4H3. The molecule has 2 rings (SSSR count). The fourth-order valence-corrected chi connectivity index (χ4v) is 4.42. The lowest BCUT2D eigenvalue weighted by Gasteiger charge is -2.32. The first-order valence-electron chi connectivity index (χ1n) is 6.82. The predicted octanol–water partition coefficient (Wildman–Crippen LogP) is 1.79. The fraction of sp³-hybridized carbons (Fsp3) is 0.769. The average molecular weight is 285 g/mol. The minimum Gasteiger partial charge on any atom is -0.274 e. The van der Waals surface area contributed by atoms with Crippen molar-refractivity contribution in [2.24, 2.45) is 18.9 Å². The van der Waals surface area contributed by atoms with Crippen LogP contribution in [0.4, 0.5) is 0 Å². The summed E-state index contributed by atoms with van der Waals surface area (Å²) in [6, 6.07) is 0. The lowest BCUT2D eigenvalue weighted by molar-refractivity contribution is 0.226. The molecular weight excluding hydrogens is 262 g/mol. The van der Waals surface area contributed by atoms with Crippen LogP contribution in [0.5, 0.6) is 0 Å². The van der Waals surface area contributed by atoms with Crippen molar-refractivity contribution in [3.8, 4) is 0 Å². The number of aryl methyl sites for hydroxylation is 2. The van der Waals surface area contributed by atoms with Crippen LogP contribution in [-0.4, -0.2) is 35.6 Å². The summed E-state index contributed by atoms with van der Waals surface area (Å²) in [5.74, 6) is 1.27. The quantitative estimate of drug-likeness (QED) is 0.850. The van der Waals surface area contributed by atoms with Crippen molar-refractivity contribution in [3.63, 3.8) is 0 Å². The zero-order valence-corrected chi connectivity index (χ0v) is 12.9. The molecule has 19 heavy (non-hydrogen) atoms. The Bertz CT molecular complexity index is 540. The van der Waals surface area contributed by atoms with Crippen molar-refractivity contribution in [1.82, 2.24) is 14.1 Å². The van der Waals surface area contributed by atoms with Gasteiger partial charge in [-0.2, -0.15) is 9.40 Å². The van der Waals surface area contributed by atoms with Crippen molar-refractivity contribution in [2.45, 2.75) is 38.5 Å². The first-order chi connectivity index (χ1) is 8.82. The van der Waals surface area contributed by atoms with E-state index in [0.717, 1.165) is 12.8 Å². The average Bonchev–Trinajstić information content (AvgIpc) is 2.69. The molecule has 5 nitrogen and oxygen atoms in total. The highest BCUT2D eigenvalue weighted by Gasteiger charge is 2.32. The van der Waals surface area contributed by atoms with Gasteiger partial charge < -0.3 is 0 Å². The minimum absolute atomic E-state index is 0.345. The second kappa shape index (κ2) is 5.25. The van der Waals surface area contributed by atoms with E-state index in [4.69, 9.17) is 0 Å². The Morgan fingerprint density at radius 3 is 2.32 bits per heavy atom. The molecule has 0 bridgehead atoms. The molecule has 2 heterocycles. The van der Waals surface area contributed by atoms with Gasteiger partial charge >= 0.3 is 0 Å². The Balaban J connectivity index is 2.16. The molecule has 0 saturated carbocycles. The highest BCUT2D eigenvalue weighted by Crippen LogP contribution is 2.28. The van der Waals surface area contributed by atoms with E-state index in [-0.39, 0.29) is 0 Å². The Kier molecular flexibility index (Phi) is 4.01. The van der Waals surface area contributed by atoms with Gasteiger partial charge in [-0.15, -0.1) is 0 Å². The largest absolute Gasteiger partial charge is 0.274 e. The summed E-state index contributed by atoms with van der Waals surface area (Å²) < 4.78 is 28.3. The van der Waals surface area contributed by atoms with Gasteiger partial charge in [0.15, 0.2) is 0 Å². The zero-order chi connectivity index (χ0) is 14.2. The first-order valence-corrected chi connectivity index (χ1v) is 8.26. The lowest BCUT2D eigenvalue weighted by atomic mass is 9.87. The van der Waals surface area contributed by atoms with Crippen molar-refractivity contribution >= 4 is 10.0 Å². The van der Waals surface area contributed by atoms with Gasteiger partial charge in [0.1, 0.15) is 4.90 Å². The number of rotatable bonds is 3. The summed E-state index contributed by atoms with van der Waals surface area (Å²) in [6.07, 6.45) is 3.51. The van der Waals surface area contributed by atoms with Crippen LogP contribution in [-0.2, 0) is 17.1 Å². The monoisotopic (exact) mass is 285 g/mol. The van der Waals surface area contributed by atoms with E-state index in [2.05, 4.69) is 18.9 Å². The van der Waals surface area contributed by atoms with Gasteiger partial charge in [-0.3, -0.25) is 4.68 Å². The van der Waals surface area contributed by atoms with E-state index in [9.17, 15) is 8.42 Å². The number of aromatic nitrogens is 2. The van der Waals surface area contributed by atoms with Crippen molar-refractivity contribution in [1.29, 1.82) is 0 Å². The summed E-state index contributed by atoms with van der Waals surface area (Å²) in [7, 11) is -1.62. The molecule has 108 valence electrons. The number of nitrogens with zero attached hydrogens (tertiary/aromatic N) is 3. The number of hydrogen-bond acceptors (Lipinski definition) is 3. The molecule has 0 atom stereocenters. The highest BCUT2D eigenvalue weighted by molar-refractivity contribution is 7.89. The molecular formula is C13H23N3O2S. The van der Waals surface area contributed by atoms with E-state index in [1.54, 1.807) is 29.2 Å². The lowest BCUT2D eigenvalue weighted by Crippen LogP contribution is -2.39. The zero-order valence-electron chi connectivity index (χ0n) is 12.1. The van der Waals surface area contributed by atoms with Gasteiger partial charge in [-0.1, -0.05) is 13.8 Å². The third-order valence-corrected chi connectivity index (χ3v) is 6.03.